The number of amides is 1. The molecule has 2 N–H and O–H groups in total. The van der Waals surface area contributed by atoms with Crippen molar-refractivity contribution in [1.82, 2.24) is 9.78 Å². The average Bonchev–Trinajstić information content (AvgIpc) is 2.81. The average molecular weight is 261 g/mol. The number of hydrogen-bond acceptors (Lipinski definition) is 2. The van der Waals surface area contributed by atoms with Crippen molar-refractivity contribution in [1.29, 1.82) is 0 Å². The number of hydrogen-bond donors (Lipinski definition) is 1. The monoisotopic (exact) mass is 261 g/mol. The number of carbonyl (C=O) groups is 1. The quantitative estimate of drug-likeness (QED) is 0.899. The van der Waals surface area contributed by atoms with Crippen LogP contribution < -0.4 is 5.73 Å². The highest BCUT2D eigenvalue weighted by atomic mass is 19.1. The molecule has 0 aliphatic heterocycles. The molecular weight excluding hydrogens is 245 g/mol. The lowest BCUT2D eigenvalue weighted by molar-refractivity contribution is 0.0994. The summed E-state index contributed by atoms with van der Waals surface area (Å²) in [7, 11) is 0. The van der Waals surface area contributed by atoms with E-state index in [0.29, 0.717) is 6.54 Å². The SMILES string of the molecule is CCCCn1nc(C(N)=O)cc1-c1ccc(F)cc1. The normalized spacial score (nSPS) is 10.6. The second-order valence-corrected chi connectivity index (χ2v) is 4.36. The fourth-order valence-corrected chi connectivity index (χ4v) is 1.87. The smallest absolute Gasteiger partial charge is 0.269 e. The summed E-state index contributed by atoms with van der Waals surface area (Å²) >= 11 is 0. The van der Waals surface area contributed by atoms with Crippen LogP contribution in [0.2, 0.25) is 0 Å². The van der Waals surface area contributed by atoms with E-state index in [0.717, 1.165) is 24.1 Å². The van der Waals surface area contributed by atoms with Crippen molar-refractivity contribution < 1.29 is 9.18 Å². The molecule has 0 spiro atoms. The van der Waals surface area contributed by atoms with Crippen LogP contribution in [-0.2, 0) is 6.54 Å². The minimum absolute atomic E-state index is 0.232. The first-order valence-electron chi connectivity index (χ1n) is 6.25. The Morgan fingerprint density at radius 3 is 2.63 bits per heavy atom. The van der Waals surface area contributed by atoms with Gasteiger partial charge in [-0.25, -0.2) is 4.39 Å². The highest BCUT2D eigenvalue weighted by molar-refractivity contribution is 5.92. The summed E-state index contributed by atoms with van der Waals surface area (Å²) in [4.78, 5) is 11.2. The molecule has 19 heavy (non-hydrogen) atoms. The molecule has 0 aliphatic carbocycles. The van der Waals surface area contributed by atoms with Crippen LogP contribution in [0.4, 0.5) is 4.39 Å². The summed E-state index contributed by atoms with van der Waals surface area (Å²) in [6.45, 7) is 2.78. The number of aromatic nitrogens is 2. The van der Waals surface area contributed by atoms with E-state index < -0.39 is 5.91 Å². The topological polar surface area (TPSA) is 60.9 Å². The molecule has 0 radical (unpaired) electrons. The van der Waals surface area contributed by atoms with Crippen molar-refractivity contribution in [2.45, 2.75) is 26.3 Å². The van der Waals surface area contributed by atoms with Gasteiger partial charge in [-0.3, -0.25) is 9.48 Å². The minimum atomic E-state index is -0.557. The van der Waals surface area contributed by atoms with E-state index in [-0.39, 0.29) is 11.5 Å². The summed E-state index contributed by atoms with van der Waals surface area (Å²) in [5, 5.41) is 4.19. The van der Waals surface area contributed by atoms with E-state index in [2.05, 4.69) is 12.0 Å². The first kappa shape index (κ1) is 13.3. The number of unbranched alkanes of at least 4 members (excludes halogenated alkanes) is 1. The van der Waals surface area contributed by atoms with Gasteiger partial charge in [-0.15, -0.1) is 0 Å². The van der Waals surface area contributed by atoms with E-state index in [1.165, 1.54) is 12.1 Å². The van der Waals surface area contributed by atoms with Crippen LogP contribution >= 0.6 is 0 Å². The molecule has 4 nitrogen and oxygen atoms in total. The summed E-state index contributed by atoms with van der Waals surface area (Å²) in [5.74, 6) is -0.850. The van der Waals surface area contributed by atoms with Gasteiger partial charge in [0, 0.05) is 12.1 Å². The van der Waals surface area contributed by atoms with Crippen LogP contribution in [0.3, 0.4) is 0 Å². The molecule has 0 bridgehead atoms. The summed E-state index contributed by atoms with van der Waals surface area (Å²) < 4.78 is 14.7. The molecule has 5 heteroatoms. The maximum Gasteiger partial charge on any atom is 0.269 e. The second kappa shape index (κ2) is 5.65. The van der Waals surface area contributed by atoms with E-state index in [1.807, 2.05) is 0 Å². The van der Waals surface area contributed by atoms with Gasteiger partial charge in [-0.1, -0.05) is 13.3 Å². The van der Waals surface area contributed by atoms with E-state index in [9.17, 15) is 9.18 Å². The molecule has 1 aromatic heterocycles. The van der Waals surface area contributed by atoms with Gasteiger partial charge in [0.15, 0.2) is 5.69 Å². The lowest BCUT2D eigenvalue weighted by Gasteiger charge is -2.06. The summed E-state index contributed by atoms with van der Waals surface area (Å²) in [6, 6.07) is 7.75. The van der Waals surface area contributed by atoms with Gasteiger partial charge in [0.2, 0.25) is 0 Å². The number of benzene rings is 1. The van der Waals surface area contributed by atoms with Crippen molar-refractivity contribution in [3.05, 3.63) is 41.8 Å². The first-order valence-corrected chi connectivity index (χ1v) is 6.25. The predicted molar refractivity (Wildman–Crippen MR) is 71.0 cm³/mol. The molecule has 0 saturated heterocycles. The van der Waals surface area contributed by atoms with Crippen molar-refractivity contribution in [3.63, 3.8) is 0 Å². The van der Waals surface area contributed by atoms with Gasteiger partial charge in [0.1, 0.15) is 5.82 Å². The van der Waals surface area contributed by atoms with Gasteiger partial charge in [0.05, 0.1) is 5.69 Å². The van der Waals surface area contributed by atoms with Gasteiger partial charge < -0.3 is 5.73 Å². The van der Waals surface area contributed by atoms with Gasteiger partial charge in [0.25, 0.3) is 5.91 Å². The van der Waals surface area contributed by atoms with Crippen LogP contribution in [-0.4, -0.2) is 15.7 Å². The van der Waals surface area contributed by atoms with Crippen LogP contribution in [0.1, 0.15) is 30.3 Å². The number of carbonyl (C=O) groups excluding carboxylic acids is 1. The van der Waals surface area contributed by atoms with Crippen LogP contribution in [0.5, 0.6) is 0 Å². The number of primary amides is 1. The number of nitrogens with zero attached hydrogens (tertiary/aromatic N) is 2. The maximum atomic E-state index is 12.9. The summed E-state index contributed by atoms with van der Waals surface area (Å²) in [5.41, 5.74) is 7.08. The minimum Gasteiger partial charge on any atom is -0.364 e. The Balaban J connectivity index is 2.41. The van der Waals surface area contributed by atoms with Gasteiger partial charge >= 0.3 is 0 Å². The first-order chi connectivity index (χ1) is 9.11. The molecule has 100 valence electrons. The van der Waals surface area contributed by atoms with Crippen molar-refractivity contribution in [2.75, 3.05) is 0 Å². The molecule has 0 fully saturated rings. The molecule has 0 atom stereocenters. The predicted octanol–water partition coefficient (Wildman–Crippen LogP) is 2.59. The number of nitrogens with two attached hydrogens (primary N) is 1. The molecule has 2 aromatic rings. The van der Waals surface area contributed by atoms with Crippen molar-refractivity contribution >= 4 is 5.91 Å². The van der Waals surface area contributed by atoms with Gasteiger partial charge in [-0.05, 0) is 36.8 Å². The number of aryl methyl sites for hydroxylation is 1. The third kappa shape index (κ3) is 2.99. The maximum absolute atomic E-state index is 12.9. The molecule has 2 rings (SSSR count). The molecular formula is C14H16FN3O. The lowest BCUT2D eigenvalue weighted by Crippen LogP contribution is -2.12. The Morgan fingerprint density at radius 1 is 1.37 bits per heavy atom. The Kier molecular flexibility index (Phi) is 3.94. The zero-order valence-corrected chi connectivity index (χ0v) is 10.8. The molecule has 0 unspecified atom stereocenters. The second-order valence-electron chi connectivity index (χ2n) is 4.36. The Bertz CT molecular complexity index is 575. The fourth-order valence-electron chi connectivity index (χ4n) is 1.87. The zero-order valence-electron chi connectivity index (χ0n) is 10.8. The Morgan fingerprint density at radius 2 is 2.05 bits per heavy atom. The largest absolute Gasteiger partial charge is 0.364 e. The third-order valence-corrected chi connectivity index (χ3v) is 2.90. The molecule has 1 heterocycles. The lowest BCUT2D eigenvalue weighted by atomic mass is 10.1. The van der Waals surface area contributed by atoms with Crippen LogP contribution in [0.15, 0.2) is 30.3 Å². The van der Waals surface area contributed by atoms with Crippen LogP contribution in [0.25, 0.3) is 11.3 Å². The highest BCUT2D eigenvalue weighted by Gasteiger charge is 2.13. The molecule has 1 amide bonds. The number of rotatable bonds is 5. The summed E-state index contributed by atoms with van der Waals surface area (Å²) in [6.07, 6.45) is 1.97. The highest BCUT2D eigenvalue weighted by Crippen LogP contribution is 2.21. The van der Waals surface area contributed by atoms with Crippen molar-refractivity contribution in [3.8, 4) is 11.3 Å². The molecule has 1 aromatic carbocycles. The standard InChI is InChI=1S/C14H16FN3O/c1-2-3-8-18-13(9-12(17-18)14(16)19)10-4-6-11(15)7-5-10/h4-7,9H,2-3,8H2,1H3,(H2,16,19). The van der Waals surface area contributed by atoms with Crippen molar-refractivity contribution in [2.24, 2.45) is 5.73 Å². The van der Waals surface area contributed by atoms with Crippen LogP contribution in [0, 0.1) is 5.82 Å². The third-order valence-electron chi connectivity index (χ3n) is 2.90. The molecule has 0 aliphatic rings. The van der Waals surface area contributed by atoms with E-state index in [4.69, 9.17) is 5.73 Å². The number of halogens is 1. The Hall–Kier alpha value is -2.17. The fraction of sp³-hybridized carbons (Fsp3) is 0.286. The van der Waals surface area contributed by atoms with E-state index in [1.54, 1.807) is 22.9 Å². The molecule has 0 saturated carbocycles. The zero-order chi connectivity index (χ0) is 13.8. The van der Waals surface area contributed by atoms with Gasteiger partial charge in [-0.2, -0.15) is 5.10 Å². The Labute approximate surface area is 111 Å². The van der Waals surface area contributed by atoms with E-state index >= 15 is 0 Å².